The van der Waals surface area contributed by atoms with Crippen LogP contribution in [-0.4, -0.2) is 41.5 Å². The van der Waals surface area contributed by atoms with Crippen LogP contribution in [0.4, 0.5) is 0 Å². The highest BCUT2D eigenvalue weighted by molar-refractivity contribution is 7.09. The lowest BCUT2D eigenvalue weighted by Crippen LogP contribution is -2.39. The van der Waals surface area contributed by atoms with E-state index in [9.17, 15) is 9.59 Å². The van der Waals surface area contributed by atoms with Crippen LogP contribution in [-0.2, 0) is 16.1 Å². The first kappa shape index (κ1) is 19.8. The predicted molar refractivity (Wildman–Crippen MR) is 84.6 cm³/mol. The molecule has 0 saturated carbocycles. The second-order valence-corrected chi connectivity index (χ2v) is 5.66. The van der Waals surface area contributed by atoms with Gasteiger partial charge in [0, 0.05) is 18.5 Å². The van der Waals surface area contributed by atoms with Crippen molar-refractivity contribution < 1.29 is 14.3 Å². The SMILES string of the molecule is CCOC(=O)CN(CC(C)C)C(=O)c1csc(CN)n1.Cl. The van der Waals surface area contributed by atoms with Crippen molar-refractivity contribution in [1.29, 1.82) is 0 Å². The van der Waals surface area contributed by atoms with Gasteiger partial charge in [-0.05, 0) is 12.8 Å². The average molecular weight is 336 g/mol. The van der Waals surface area contributed by atoms with Crippen molar-refractivity contribution in [2.45, 2.75) is 27.3 Å². The highest BCUT2D eigenvalue weighted by Gasteiger charge is 2.22. The molecule has 0 aliphatic heterocycles. The van der Waals surface area contributed by atoms with Crippen molar-refractivity contribution in [3.8, 4) is 0 Å². The second-order valence-electron chi connectivity index (χ2n) is 4.72. The second kappa shape index (κ2) is 9.70. The quantitative estimate of drug-likeness (QED) is 0.766. The lowest BCUT2D eigenvalue weighted by molar-refractivity contribution is -0.143. The third-order valence-corrected chi connectivity index (χ3v) is 3.31. The number of carbonyl (C=O) groups excluding carboxylic acids is 2. The van der Waals surface area contributed by atoms with Crippen LogP contribution in [0.2, 0.25) is 0 Å². The minimum Gasteiger partial charge on any atom is -0.465 e. The summed E-state index contributed by atoms with van der Waals surface area (Å²) in [5.41, 5.74) is 5.82. The van der Waals surface area contributed by atoms with Crippen molar-refractivity contribution in [2.75, 3.05) is 19.7 Å². The highest BCUT2D eigenvalue weighted by Crippen LogP contribution is 2.12. The molecule has 0 bridgehead atoms. The smallest absolute Gasteiger partial charge is 0.325 e. The van der Waals surface area contributed by atoms with E-state index in [2.05, 4.69) is 4.98 Å². The van der Waals surface area contributed by atoms with Crippen LogP contribution in [0.5, 0.6) is 0 Å². The van der Waals surface area contributed by atoms with E-state index in [1.54, 1.807) is 12.3 Å². The molecule has 120 valence electrons. The topological polar surface area (TPSA) is 85.5 Å². The van der Waals surface area contributed by atoms with E-state index in [4.69, 9.17) is 10.5 Å². The van der Waals surface area contributed by atoms with Gasteiger partial charge >= 0.3 is 5.97 Å². The summed E-state index contributed by atoms with van der Waals surface area (Å²) in [5.74, 6) is -0.417. The van der Waals surface area contributed by atoms with Crippen molar-refractivity contribution >= 4 is 35.6 Å². The maximum Gasteiger partial charge on any atom is 0.325 e. The number of amides is 1. The number of hydrogen-bond acceptors (Lipinski definition) is 6. The molecule has 0 spiro atoms. The van der Waals surface area contributed by atoms with Crippen LogP contribution in [0.15, 0.2) is 5.38 Å². The number of hydrogen-bond donors (Lipinski definition) is 1. The van der Waals surface area contributed by atoms with Crippen LogP contribution in [0, 0.1) is 5.92 Å². The first-order chi connectivity index (χ1) is 9.47. The Kier molecular flexibility index (Phi) is 9.16. The third-order valence-electron chi connectivity index (χ3n) is 2.44. The maximum absolute atomic E-state index is 12.4. The van der Waals surface area contributed by atoms with Crippen LogP contribution in [0.1, 0.15) is 36.3 Å². The molecule has 0 aromatic carbocycles. The Morgan fingerprint density at radius 1 is 1.48 bits per heavy atom. The Bertz CT molecular complexity index is 465. The van der Waals surface area contributed by atoms with Gasteiger partial charge in [-0.1, -0.05) is 13.8 Å². The molecule has 0 aliphatic rings. The van der Waals surface area contributed by atoms with E-state index in [1.807, 2.05) is 13.8 Å². The zero-order valence-electron chi connectivity index (χ0n) is 12.5. The van der Waals surface area contributed by atoms with Crippen LogP contribution < -0.4 is 5.73 Å². The molecule has 0 unspecified atom stereocenters. The van der Waals surface area contributed by atoms with Gasteiger partial charge in [0.25, 0.3) is 5.91 Å². The van der Waals surface area contributed by atoms with Crippen molar-refractivity contribution in [1.82, 2.24) is 9.88 Å². The van der Waals surface area contributed by atoms with E-state index >= 15 is 0 Å². The highest BCUT2D eigenvalue weighted by atomic mass is 35.5. The van der Waals surface area contributed by atoms with Gasteiger partial charge in [-0.3, -0.25) is 9.59 Å². The van der Waals surface area contributed by atoms with Crippen molar-refractivity contribution in [3.63, 3.8) is 0 Å². The zero-order chi connectivity index (χ0) is 15.1. The largest absolute Gasteiger partial charge is 0.465 e. The van der Waals surface area contributed by atoms with Crippen LogP contribution in [0.3, 0.4) is 0 Å². The van der Waals surface area contributed by atoms with Crippen molar-refractivity contribution in [3.05, 3.63) is 16.1 Å². The van der Waals surface area contributed by atoms with E-state index in [0.717, 1.165) is 0 Å². The monoisotopic (exact) mass is 335 g/mol. The van der Waals surface area contributed by atoms with Gasteiger partial charge in [0.05, 0.1) is 6.61 Å². The van der Waals surface area contributed by atoms with Crippen molar-refractivity contribution in [2.24, 2.45) is 11.7 Å². The predicted octanol–water partition coefficient (Wildman–Crippen LogP) is 1.68. The number of halogens is 1. The van der Waals surface area contributed by atoms with Crippen LogP contribution >= 0.6 is 23.7 Å². The Labute approximate surface area is 135 Å². The fourth-order valence-corrected chi connectivity index (χ4v) is 2.34. The van der Waals surface area contributed by atoms with E-state index in [0.29, 0.717) is 30.4 Å². The van der Waals surface area contributed by atoms with E-state index in [1.165, 1.54) is 16.2 Å². The number of aromatic nitrogens is 1. The van der Waals surface area contributed by atoms with Gasteiger partial charge in [-0.15, -0.1) is 23.7 Å². The summed E-state index contributed by atoms with van der Waals surface area (Å²) < 4.78 is 4.90. The molecule has 0 aliphatic carbocycles. The summed E-state index contributed by atoms with van der Waals surface area (Å²) in [5, 5.41) is 2.37. The third kappa shape index (κ3) is 6.41. The molecule has 8 heteroatoms. The lowest BCUT2D eigenvalue weighted by Gasteiger charge is -2.22. The Balaban J connectivity index is 0.00000400. The van der Waals surface area contributed by atoms with Crippen LogP contribution in [0.25, 0.3) is 0 Å². The zero-order valence-corrected chi connectivity index (χ0v) is 14.1. The molecule has 1 amide bonds. The molecule has 6 nitrogen and oxygen atoms in total. The number of nitrogens with two attached hydrogens (primary N) is 1. The molecule has 1 aromatic rings. The minimum absolute atomic E-state index is 0. The summed E-state index contributed by atoms with van der Waals surface area (Å²) >= 11 is 1.34. The fourth-order valence-electron chi connectivity index (χ4n) is 1.69. The molecule has 2 N–H and O–H groups in total. The maximum atomic E-state index is 12.4. The Morgan fingerprint density at radius 2 is 2.14 bits per heavy atom. The lowest BCUT2D eigenvalue weighted by atomic mass is 10.2. The minimum atomic E-state index is -0.407. The van der Waals surface area contributed by atoms with Gasteiger partial charge in [0.1, 0.15) is 17.2 Å². The first-order valence-corrected chi connectivity index (χ1v) is 7.45. The summed E-state index contributed by atoms with van der Waals surface area (Å²) in [6, 6.07) is 0. The molecule has 0 fully saturated rings. The molecule has 21 heavy (non-hydrogen) atoms. The molecule has 0 saturated heterocycles. The summed E-state index contributed by atoms with van der Waals surface area (Å²) in [6.07, 6.45) is 0. The average Bonchev–Trinajstić information content (AvgIpc) is 2.85. The molecule has 1 aromatic heterocycles. The normalized spacial score (nSPS) is 10.1. The fraction of sp³-hybridized carbons (Fsp3) is 0.615. The molecule has 0 atom stereocenters. The standard InChI is InChI=1S/C13H21N3O3S.ClH/c1-4-19-12(17)7-16(6-9(2)3)13(18)10-8-20-11(5-14)15-10;/h8-9H,4-7,14H2,1-3H3;1H. The summed E-state index contributed by atoms with van der Waals surface area (Å²) in [7, 11) is 0. The number of rotatable bonds is 7. The Hall–Kier alpha value is -1.18. The number of nitrogens with zero attached hydrogens (tertiary/aromatic N) is 2. The van der Waals surface area contributed by atoms with Gasteiger partial charge < -0.3 is 15.4 Å². The number of carbonyl (C=O) groups is 2. The first-order valence-electron chi connectivity index (χ1n) is 6.57. The molecule has 1 rings (SSSR count). The van der Waals surface area contributed by atoms with Gasteiger partial charge in [-0.25, -0.2) is 4.98 Å². The molecule has 1 heterocycles. The summed E-state index contributed by atoms with van der Waals surface area (Å²) in [4.78, 5) is 29.6. The molecular weight excluding hydrogens is 314 g/mol. The molecular formula is C13H22ClN3O3S. The molecule has 0 radical (unpaired) electrons. The Morgan fingerprint density at radius 3 is 2.62 bits per heavy atom. The number of esters is 1. The van der Waals surface area contributed by atoms with Gasteiger partial charge in [0.15, 0.2) is 0 Å². The number of thiazole rings is 1. The van der Waals surface area contributed by atoms with Gasteiger partial charge in [-0.2, -0.15) is 0 Å². The van der Waals surface area contributed by atoms with E-state index < -0.39 is 5.97 Å². The van der Waals surface area contributed by atoms with Gasteiger partial charge in [0.2, 0.25) is 0 Å². The van der Waals surface area contributed by atoms with E-state index in [-0.39, 0.29) is 30.8 Å². The number of ether oxygens (including phenoxy) is 1. The summed E-state index contributed by atoms with van der Waals surface area (Å²) in [6.45, 7) is 6.74.